The number of aromatic nitrogens is 2. The van der Waals surface area contributed by atoms with E-state index in [1.807, 2.05) is 12.1 Å². The van der Waals surface area contributed by atoms with Crippen molar-refractivity contribution >= 4 is 16.5 Å². The Hall–Kier alpha value is -1.62. The minimum Gasteiger partial charge on any atom is -0.486 e. The summed E-state index contributed by atoms with van der Waals surface area (Å²) < 4.78 is 5.73. The highest BCUT2D eigenvalue weighted by atomic mass is 32.1. The van der Waals surface area contributed by atoms with Crippen molar-refractivity contribution in [3.8, 4) is 5.75 Å². The topological polar surface area (TPSA) is 47.0 Å². The summed E-state index contributed by atoms with van der Waals surface area (Å²) in [4.78, 5) is 0. The highest BCUT2D eigenvalue weighted by molar-refractivity contribution is 7.15. The number of aryl methyl sites for hydroxylation is 2. The molecule has 1 N–H and O–H groups in total. The van der Waals surface area contributed by atoms with Crippen molar-refractivity contribution in [2.24, 2.45) is 0 Å². The van der Waals surface area contributed by atoms with Gasteiger partial charge in [0.1, 0.15) is 12.4 Å². The molecule has 0 unspecified atom stereocenters. The summed E-state index contributed by atoms with van der Waals surface area (Å²) in [6.07, 6.45) is 1.08. The van der Waals surface area contributed by atoms with Crippen LogP contribution in [0.1, 0.15) is 29.5 Å². The highest BCUT2D eigenvalue weighted by Gasteiger charge is 2.04. The lowest BCUT2D eigenvalue weighted by molar-refractivity contribution is 0.304. The van der Waals surface area contributed by atoms with E-state index in [1.165, 1.54) is 11.1 Å². The van der Waals surface area contributed by atoms with Crippen LogP contribution in [0.2, 0.25) is 0 Å². The molecule has 2 aromatic rings. The monoisotopic (exact) mass is 277 g/mol. The van der Waals surface area contributed by atoms with Gasteiger partial charge in [-0.05, 0) is 43.5 Å². The molecule has 0 bridgehead atoms. The molecule has 0 radical (unpaired) electrons. The molecular weight excluding hydrogens is 258 g/mol. The summed E-state index contributed by atoms with van der Waals surface area (Å²) in [7, 11) is 0. The van der Waals surface area contributed by atoms with E-state index in [9.17, 15) is 0 Å². The van der Waals surface area contributed by atoms with Gasteiger partial charge in [0.15, 0.2) is 5.01 Å². The minimum absolute atomic E-state index is 0.466. The second kappa shape index (κ2) is 6.52. The standard InChI is InChI=1S/C14H19N3OS/c1-4-7-15-14-17-16-13(19-14)9-18-12-6-5-10(2)11(3)8-12/h5-6,8H,4,7,9H2,1-3H3,(H,15,17). The van der Waals surface area contributed by atoms with E-state index in [4.69, 9.17) is 4.74 Å². The first kappa shape index (κ1) is 13.8. The molecule has 0 fully saturated rings. The fourth-order valence-corrected chi connectivity index (χ4v) is 2.24. The van der Waals surface area contributed by atoms with E-state index in [-0.39, 0.29) is 0 Å². The summed E-state index contributed by atoms with van der Waals surface area (Å²) in [6, 6.07) is 6.10. The van der Waals surface area contributed by atoms with Crippen LogP contribution in [0.4, 0.5) is 5.13 Å². The first-order chi connectivity index (χ1) is 9.19. The van der Waals surface area contributed by atoms with E-state index in [0.717, 1.165) is 28.9 Å². The molecular formula is C14H19N3OS. The van der Waals surface area contributed by atoms with Gasteiger partial charge in [0, 0.05) is 6.54 Å². The molecule has 0 spiro atoms. The molecule has 1 heterocycles. The summed E-state index contributed by atoms with van der Waals surface area (Å²) in [6.45, 7) is 7.69. The van der Waals surface area contributed by atoms with Crippen LogP contribution in [-0.2, 0) is 6.61 Å². The van der Waals surface area contributed by atoms with Crippen LogP contribution in [0.3, 0.4) is 0 Å². The SMILES string of the molecule is CCCNc1nnc(COc2ccc(C)c(C)c2)s1. The lowest BCUT2D eigenvalue weighted by atomic mass is 10.1. The van der Waals surface area contributed by atoms with Crippen LogP contribution in [0, 0.1) is 13.8 Å². The van der Waals surface area contributed by atoms with Gasteiger partial charge in [0.25, 0.3) is 0 Å². The Balaban J connectivity index is 1.91. The van der Waals surface area contributed by atoms with Gasteiger partial charge in [-0.3, -0.25) is 0 Å². The normalized spacial score (nSPS) is 10.5. The Labute approximate surface area is 117 Å². The number of nitrogens with zero attached hydrogens (tertiary/aromatic N) is 2. The van der Waals surface area contributed by atoms with E-state index in [0.29, 0.717) is 6.61 Å². The number of hydrogen-bond donors (Lipinski definition) is 1. The first-order valence-electron chi connectivity index (χ1n) is 6.45. The quantitative estimate of drug-likeness (QED) is 0.877. The van der Waals surface area contributed by atoms with Gasteiger partial charge in [0.05, 0.1) is 0 Å². The predicted molar refractivity (Wildman–Crippen MR) is 78.9 cm³/mol. The summed E-state index contributed by atoms with van der Waals surface area (Å²) >= 11 is 1.54. The van der Waals surface area contributed by atoms with E-state index < -0.39 is 0 Å². The average molecular weight is 277 g/mol. The van der Waals surface area contributed by atoms with Crippen molar-refractivity contribution < 1.29 is 4.74 Å². The molecule has 5 heteroatoms. The number of hydrogen-bond acceptors (Lipinski definition) is 5. The molecule has 102 valence electrons. The maximum absolute atomic E-state index is 5.73. The molecule has 19 heavy (non-hydrogen) atoms. The average Bonchev–Trinajstić information content (AvgIpc) is 2.86. The molecule has 2 rings (SSSR count). The van der Waals surface area contributed by atoms with Crippen LogP contribution in [0.15, 0.2) is 18.2 Å². The molecule has 0 atom stereocenters. The summed E-state index contributed by atoms with van der Waals surface area (Å²) in [5.74, 6) is 0.876. The minimum atomic E-state index is 0.466. The van der Waals surface area contributed by atoms with Crippen molar-refractivity contribution in [3.63, 3.8) is 0 Å². The first-order valence-corrected chi connectivity index (χ1v) is 7.27. The maximum atomic E-state index is 5.73. The second-order valence-electron chi connectivity index (χ2n) is 4.46. The van der Waals surface area contributed by atoms with Crippen LogP contribution < -0.4 is 10.1 Å². The molecule has 0 amide bonds. The summed E-state index contributed by atoms with van der Waals surface area (Å²) in [5, 5.41) is 13.1. The Morgan fingerprint density at radius 1 is 1.21 bits per heavy atom. The van der Waals surface area contributed by atoms with Crippen molar-refractivity contribution in [1.82, 2.24) is 10.2 Å². The van der Waals surface area contributed by atoms with E-state index in [2.05, 4.69) is 42.4 Å². The summed E-state index contributed by atoms with van der Waals surface area (Å²) in [5.41, 5.74) is 2.51. The molecule has 0 saturated carbocycles. The third-order valence-corrected chi connectivity index (χ3v) is 3.69. The molecule has 0 aliphatic heterocycles. The molecule has 1 aromatic carbocycles. The largest absolute Gasteiger partial charge is 0.486 e. The Morgan fingerprint density at radius 2 is 2.05 bits per heavy atom. The molecule has 1 aromatic heterocycles. The second-order valence-corrected chi connectivity index (χ2v) is 5.52. The van der Waals surface area contributed by atoms with Crippen LogP contribution in [0.5, 0.6) is 5.75 Å². The third-order valence-electron chi connectivity index (χ3n) is 2.83. The van der Waals surface area contributed by atoms with Gasteiger partial charge in [-0.25, -0.2) is 0 Å². The fourth-order valence-electron chi connectivity index (χ4n) is 1.56. The lowest BCUT2D eigenvalue weighted by Gasteiger charge is -2.06. The number of nitrogens with one attached hydrogen (secondary N) is 1. The van der Waals surface area contributed by atoms with Gasteiger partial charge >= 0.3 is 0 Å². The Kier molecular flexibility index (Phi) is 4.74. The van der Waals surface area contributed by atoms with Crippen molar-refractivity contribution in [2.75, 3.05) is 11.9 Å². The number of rotatable bonds is 6. The van der Waals surface area contributed by atoms with Crippen molar-refractivity contribution in [3.05, 3.63) is 34.3 Å². The smallest absolute Gasteiger partial charge is 0.205 e. The van der Waals surface area contributed by atoms with Gasteiger partial charge in [-0.15, -0.1) is 10.2 Å². The number of benzene rings is 1. The van der Waals surface area contributed by atoms with Gasteiger partial charge < -0.3 is 10.1 Å². The van der Waals surface area contributed by atoms with Gasteiger partial charge in [-0.1, -0.05) is 24.3 Å². The fraction of sp³-hybridized carbons (Fsp3) is 0.429. The third kappa shape index (κ3) is 3.92. The van der Waals surface area contributed by atoms with Crippen molar-refractivity contribution in [1.29, 1.82) is 0 Å². The zero-order valence-electron chi connectivity index (χ0n) is 11.6. The number of anilines is 1. The Morgan fingerprint density at radius 3 is 2.79 bits per heavy atom. The van der Waals surface area contributed by atoms with Gasteiger partial charge in [0.2, 0.25) is 5.13 Å². The predicted octanol–water partition coefficient (Wildman–Crippen LogP) is 3.56. The zero-order chi connectivity index (χ0) is 13.7. The van der Waals surface area contributed by atoms with Crippen LogP contribution in [-0.4, -0.2) is 16.7 Å². The van der Waals surface area contributed by atoms with E-state index >= 15 is 0 Å². The van der Waals surface area contributed by atoms with Crippen molar-refractivity contribution in [2.45, 2.75) is 33.8 Å². The molecule has 0 saturated heterocycles. The Bertz CT molecular complexity index is 539. The molecule has 0 aliphatic carbocycles. The van der Waals surface area contributed by atoms with Gasteiger partial charge in [-0.2, -0.15) is 0 Å². The zero-order valence-corrected chi connectivity index (χ0v) is 12.4. The molecule has 4 nitrogen and oxygen atoms in total. The highest BCUT2D eigenvalue weighted by Crippen LogP contribution is 2.20. The maximum Gasteiger partial charge on any atom is 0.205 e. The number of ether oxygens (including phenoxy) is 1. The van der Waals surface area contributed by atoms with Crippen LogP contribution in [0.25, 0.3) is 0 Å². The van der Waals surface area contributed by atoms with E-state index in [1.54, 1.807) is 11.3 Å². The van der Waals surface area contributed by atoms with Crippen LogP contribution >= 0.6 is 11.3 Å². The lowest BCUT2D eigenvalue weighted by Crippen LogP contribution is -1.98. The molecule has 0 aliphatic rings.